The van der Waals surface area contributed by atoms with Crippen LogP contribution in [0.2, 0.25) is 0 Å². The summed E-state index contributed by atoms with van der Waals surface area (Å²) in [6.07, 6.45) is 1.86. The van der Waals surface area contributed by atoms with E-state index >= 15 is 0 Å². The molecule has 2 aliphatic rings. The fourth-order valence-electron chi connectivity index (χ4n) is 5.36. The van der Waals surface area contributed by atoms with Crippen LogP contribution >= 0.6 is 12.4 Å². The first kappa shape index (κ1) is 26.2. The number of aliphatic hydroxyl groups excluding tert-OH is 1. The van der Waals surface area contributed by atoms with Gasteiger partial charge in [-0.1, -0.05) is 61.5 Å². The number of nitrogens with zero attached hydrogens (tertiary/aromatic N) is 1. The second-order valence-electron chi connectivity index (χ2n) is 10.3. The number of aliphatic hydroxyl groups is 1. The maximum Gasteiger partial charge on any atom is 0.245 e. The van der Waals surface area contributed by atoms with E-state index in [4.69, 9.17) is 5.73 Å². The molecule has 2 amide bonds. The molecular weight excluding hydrogens is 450 g/mol. The van der Waals surface area contributed by atoms with Crippen LogP contribution in [0.5, 0.6) is 0 Å². The molecule has 1 aliphatic carbocycles. The van der Waals surface area contributed by atoms with Crippen molar-refractivity contribution in [2.75, 3.05) is 13.1 Å². The van der Waals surface area contributed by atoms with Crippen molar-refractivity contribution >= 4 is 24.2 Å². The number of likely N-dealkylation sites (tertiary alicyclic amines) is 1. The van der Waals surface area contributed by atoms with Crippen LogP contribution < -0.4 is 11.1 Å². The van der Waals surface area contributed by atoms with Crippen LogP contribution in [0.1, 0.15) is 68.7 Å². The van der Waals surface area contributed by atoms with E-state index < -0.39 is 17.7 Å². The van der Waals surface area contributed by atoms with E-state index in [1.54, 1.807) is 13.8 Å². The average molecular weight is 486 g/mol. The van der Waals surface area contributed by atoms with Gasteiger partial charge in [0.25, 0.3) is 0 Å². The molecule has 0 saturated carbocycles. The minimum atomic E-state index is -1.08. The second kappa shape index (κ2) is 10.1. The highest BCUT2D eigenvalue weighted by Crippen LogP contribution is 2.50. The molecule has 34 heavy (non-hydrogen) atoms. The molecule has 0 aromatic heterocycles. The predicted molar refractivity (Wildman–Crippen MR) is 136 cm³/mol. The van der Waals surface area contributed by atoms with Crippen LogP contribution in [-0.4, -0.2) is 46.5 Å². The van der Waals surface area contributed by atoms with Crippen molar-refractivity contribution in [2.24, 2.45) is 5.73 Å². The van der Waals surface area contributed by atoms with Gasteiger partial charge in [-0.05, 0) is 49.8 Å². The van der Waals surface area contributed by atoms with E-state index in [2.05, 4.69) is 11.4 Å². The molecule has 7 heteroatoms. The topological polar surface area (TPSA) is 95.7 Å². The Morgan fingerprint density at radius 1 is 1.09 bits per heavy atom. The largest absolute Gasteiger partial charge is 0.388 e. The fourth-order valence-corrected chi connectivity index (χ4v) is 5.36. The molecule has 1 heterocycles. The highest BCUT2D eigenvalue weighted by atomic mass is 35.5. The first-order chi connectivity index (χ1) is 15.6. The van der Waals surface area contributed by atoms with E-state index in [-0.39, 0.29) is 35.6 Å². The maximum atomic E-state index is 13.7. The molecule has 2 aromatic rings. The zero-order valence-corrected chi connectivity index (χ0v) is 21.0. The zero-order chi connectivity index (χ0) is 23.8. The van der Waals surface area contributed by atoms with Gasteiger partial charge in [-0.3, -0.25) is 9.59 Å². The number of nitrogens with one attached hydrogen (secondary N) is 1. The predicted octanol–water partition coefficient (Wildman–Crippen LogP) is 3.43. The van der Waals surface area contributed by atoms with Crippen LogP contribution in [0.25, 0.3) is 0 Å². The molecule has 0 bridgehead atoms. The minimum Gasteiger partial charge on any atom is -0.388 e. The summed E-state index contributed by atoms with van der Waals surface area (Å²) in [5.41, 5.74) is 8.09. The molecule has 4 rings (SSSR count). The van der Waals surface area contributed by atoms with Crippen molar-refractivity contribution in [3.63, 3.8) is 0 Å². The molecule has 6 nitrogen and oxygen atoms in total. The SMILES string of the molecule is CC(c1ccccc1)C(NC(=O)C(C)(C)N)C(=O)N1CCC2(CC1)CC(O)c1ccccc12.Cl. The number of hydrogen-bond donors (Lipinski definition) is 3. The Hall–Kier alpha value is -2.41. The van der Waals surface area contributed by atoms with Gasteiger partial charge in [-0.25, -0.2) is 0 Å². The van der Waals surface area contributed by atoms with Crippen molar-refractivity contribution in [3.8, 4) is 0 Å². The Labute approximate surface area is 208 Å². The van der Waals surface area contributed by atoms with Crippen LogP contribution in [-0.2, 0) is 15.0 Å². The number of hydrogen-bond acceptors (Lipinski definition) is 4. The third-order valence-corrected chi connectivity index (χ3v) is 7.47. The quantitative estimate of drug-likeness (QED) is 0.604. The standard InChI is InChI=1S/C27H35N3O3.ClH/c1-18(19-9-5-4-6-10-19)23(29-25(33)26(2,3)28)24(32)30-15-13-27(14-16-30)17-22(31)20-11-7-8-12-21(20)27;/h4-12,18,22-23,31H,13-17,28H2,1-3H3,(H,29,33);1H. The molecule has 3 unspecified atom stereocenters. The van der Waals surface area contributed by atoms with Crippen LogP contribution in [0.4, 0.5) is 0 Å². The molecule has 1 spiro atoms. The second-order valence-corrected chi connectivity index (χ2v) is 10.3. The number of rotatable bonds is 5. The normalized spacial score (nSPS) is 20.7. The number of carbonyl (C=O) groups is 2. The number of benzene rings is 2. The molecule has 1 aliphatic heterocycles. The van der Waals surface area contributed by atoms with Gasteiger partial charge in [0.05, 0.1) is 11.6 Å². The first-order valence-electron chi connectivity index (χ1n) is 11.8. The lowest BCUT2D eigenvalue weighted by molar-refractivity contribution is -0.139. The number of nitrogens with two attached hydrogens (primary N) is 1. The summed E-state index contributed by atoms with van der Waals surface area (Å²) in [6.45, 7) is 6.45. The van der Waals surface area contributed by atoms with Crippen molar-refractivity contribution in [3.05, 3.63) is 71.3 Å². The lowest BCUT2D eigenvalue weighted by Gasteiger charge is -2.42. The molecule has 0 radical (unpaired) electrons. The Kier molecular flexibility index (Phi) is 7.75. The summed E-state index contributed by atoms with van der Waals surface area (Å²) in [6, 6.07) is 17.2. The van der Waals surface area contributed by atoms with E-state index in [1.165, 1.54) is 5.56 Å². The fraction of sp³-hybridized carbons (Fsp3) is 0.481. The molecule has 1 saturated heterocycles. The van der Waals surface area contributed by atoms with Gasteiger partial charge in [0.15, 0.2) is 0 Å². The lowest BCUT2D eigenvalue weighted by atomic mass is 9.73. The third-order valence-electron chi connectivity index (χ3n) is 7.47. The van der Waals surface area contributed by atoms with Crippen molar-refractivity contribution in [1.82, 2.24) is 10.2 Å². The summed E-state index contributed by atoms with van der Waals surface area (Å²) in [7, 11) is 0. The number of piperidine rings is 1. The van der Waals surface area contributed by atoms with Crippen LogP contribution in [0, 0.1) is 0 Å². The summed E-state index contributed by atoms with van der Waals surface area (Å²) in [5.74, 6) is -0.620. The number of carbonyl (C=O) groups excluding carboxylic acids is 2. The van der Waals surface area contributed by atoms with Gasteiger partial charge in [0.1, 0.15) is 6.04 Å². The monoisotopic (exact) mass is 485 g/mol. The third kappa shape index (κ3) is 4.99. The maximum absolute atomic E-state index is 13.7. The first-order valence-corrected chi connectivity index (χ1v) is 11.8. The van der Waals surface area contributed by atoms with Gasteiger partial charge < -0.3 is 21.1 Å². The van der Waals surface area contributed by atoms with Crippen molar-refractivity contribution in [2.45, 2.75) is 69.1 Å². The van der Waals surface area contributed by atoms with Gasteiger partial charge in [-0.2, -0.15) is 0 Å². The summed E-state index contributed by atoms with van der Waals surface area (Å²) >= 11 is 0. The molecule has 4 N–H and O–H groups in total. The number of fused-ring (bicyclic) bond motifs is 2. The zero-order valence-electron chi connectivity index (χ0n) is 20.2. The Morgan fingerprint density at radius 3 is 2.29 bits per heavy atom. The van der Waals surface area contributed by atoms with Crippen LogP contribution in [0.15, 0.2) is 54.6 Å². The highest BCUT2D eigenvalue weighted by molar-refractivity contribution is 5.92. The molecule has 184 valence electrons. The van der Waals surface area contributed by atoms with Crippen molar-refractivity contribution in [1.29, 1.82) is 0 Å². The summed E-state index contributed by atoms with van der Waals surface area (Å²) in [4.78, 5) is 28.3. The average Bonchev–Trinajstić information content (AvgIpc) is 3.08. The summed E-state index contributed by atoms with van der Waals surface area (Å²) in [5, 5.41) is 13.5. The van der Waals surface area contributed by atoms with E-state index in [1.807, 2.05) is 60.4 Å². The summed E-state index contributed by atoms with van der Waals surface area (Å²) < 4.78 is 0. The highest BCUT2D eigenvalue weighted by Gasteiger charge is 2.46. The van der Waals surface area contributed by atoms with E-state index in [0.717, 1.165) is 24.0 Å². The molecule has 2 aromatic carbocycles. The van der Waals surface area contributed by atoms with Crippen molar-refractivity contribution < 1.29 is 14.7 Å². The van der Waals surface area contributed by atoms with Gasteiger partial charge >= 0.3 is 0 Å². The number of amides is 2. The Bertz CT molecular complexity index is 1010. The molecule has 3 atom stereocenters. The van der Waals surface area contributed by atoms with E-state index in [9.17, 15) is 14.7 Å². The molecular formula is C27H36ClN3O3. The Morgan fingerprint density at radius 2 is 1.68 bits per heavy atom. The van der Waals surface area contributed by atoms with Gasteiger partial charge in [-0.15, -0.1) is 12.4 Å². The Balaban J connectivity index is 0.00000324. The van der Waals surface area contributed by atoms with Crippen LogP contribution in [0.3, 0.4) is 0 Å². The molecule has 1 fully saturated rings. The number of halogens is 1. The van der Waals surface area contributed by atoms with Gasteiger partial charge in [0.2, 0.25) is 11.8 Å². The smallest absolute Gasteiger partial charge is 0.245 e. The lowest BCUT2D eigenvalue weighted by Crippen LogP contribution is -2.59. The van der Waals surface area contributed by atoms with E-state index in [0.29, 0.717) is 19.5 Å². The minimum absolute atomic E-state index is 0. The van der Waals surface area contributed by atoms with Gasteiger partial charge in [0, 0.05) is 24.4 Å².